The third-order valence-electron chi connectivity index (χ3n) is 3.09. The second-order valence-electron chi connectivity index (χ2n) is 4.21. The van der Waals surface area contributed by atoms with Crippen molar-refractivity contribution in [2.75, 3.05) is 12.7 Å². The van der Waals surface area contributed by atoms with Crippen LogP contribution >= 0.6 is 11.6 Å². The molecule has 2 heterocycles. The van der Waals surface area contributed by atoms with Gasteiger partial charge in [-0.3, -0.25) is 0 Å². The van der Waals surface area contributed by atoms with E-state index in [1.54, 1.807) is 0 Å². The number of benzene rings is 1. The molecule has 1 aromatic carbocycles. The predicted octanol–water partition coefficient (Wildman–Crippen LogP) is 3.46. The van der Waals surface area contributed by atoms with Gasteiger partial charge in [0.05, 0.1) is 0 Å². The summed E-state index contributed by atoms with van der Waals surface area (Å²) in [6.07, 6.45) is 5.28. The fraction of sp³-hybridized carbons (Fsp3) is 0.385. The van der Waals surface area contributed by atoms with E-state index in [2.05, 4.69) is 17.2 Å². The monoisotopic (exact) mass is 251 g/mol. The molecule has 0 bridgehead atoms. The number of alkyl halides is 1. The summed E-state index contributed by atoms with van der Waals surface area (Å²) in [4.78, 5) is 3.28. The van der Waals surface area contributed by atoms with Crippen LogP contribution in [0, 0.1) is 0 Å². The molecule has 0 amide bonds. The Bertz CT molecular complexity index is 535. The highest BCUT2D eigenvalue weighted by atomic mass is 35.5. The minimum Gasteiger partial charge on any atom is -0.454 e. The number of ether oxygens (including phenoxy) is 2. The molecule has 1 aliphatic rings. The van der Waals surface area contributed by atoms with Crippen molar-refractivity contribution in [3.05, 3.63) is 23.9 Å². The van der Waals surface area contributed by atoms with Crippen LogP contribution in [-0.2, 0) is 6.42 Å². The number of nitrogens with one attached hydrogen (secondary N) is 1. The second kappa shape index (κ2) is 4.49. The van der Waals surface area contributed by atoms with E-state index in [-0.39, 0.29) is 0 Å². The zero-order valence-corrected chi connectivity index (χ0v) is 10.2. The van der Waals surface area contributed by atoms with Gasteiger partial charge >= 0.3 is 0 Å². The van der Waals surface area contributed by atoms with Crippen molar-refractivity contribution in [1.29, 1.82) is 0 Å². The van der Waals surface area contributed by atoms with Crippen molar-refractivity contribution in [3.63, 3.8) is 0 Å². The van der Waals surface area contributed by atoms with E-state index in [9.17, 15) is 0 Å². The molecule has 4 heteroatoms. The van der Waals surface area contributed by atoms with Crippen LogP contribution in [0.2, 0.25) is 0 Å². The van der Waals surface area contributed by atoms with Crippen molar-refractivity contribution < 1.29 is 9.47 Å². The normalized spacial score (nSPS) is 13.5. The Morgan fingerprint density at radius 1 is 1.18 bits per heavy atom. The minimum absolute atomic E-state index is 0.323. The zero-order valence-electron chi connectivity index (χ0n) is 9.46. The first-order valence-corrected chi connectivity index (χ1v) is 6.37. The van der Waals surface area contributed by atoms with Crippen LogP contribution in [0.1, 0.15) is 18.4 Å². The van der Waals surface area contributed by atoms with E-state index in [4.69, 9.17) is 21.1 Å². The van der Waals surface area contributed by atoms with E-state index in [1.807, 2.05) is 6.07 Å². The van der Waals surface area contributed by atoms with Crippen LogP contribution < -0.4 is 9.47 Å². The Labute approximate surface area is 105 Å². The first-order valence-electron chi connectivity index (χ1n) is 5.84. The molecule has 1 N–H and O–H groups in total. The number of aromatic nitrogens is 1. The van der Waals surface area contributed by atoms with E-state index in [1.165, 1.54) is 10.9 Å². The summed E-state index contributed by atoms with van der Waals surface area (Å²) < 4.78 is 10.8. The largest absolute Gasteiger partial charge is 0.454 e. The average molecular weight is 252 g/mol. The number of aryl methyl sites for hydroxylation is 1. The lowest BCUT2D eigenvalue weighted by atomic mass is 10.1. The van der Waals surface area contributed by atoms with Crippen LogP contribution in [0.4, 0.5) is 0 Å². The summed E-state index contributed by atoms with van der Waals surface area (Å²) in [5.41, 5.74) is 2.43. The molecule has 1 aromatic heterocycles. The van der Waals surface area contributed by atoms with Gasteiger partial charge in [-0.1, -0.05) is 0 Å². The van der Waals surface area contributed by atoms with Crippen LogP contribution in [0.15, 0.2) is 18.3 Å². The molecular weight excluding hydrogens is 238 g/mol. The summed E-state index contributed by atoms with van der Waals surface area (Å²) in [6, 6.07) is 4.06. The van der Waals surface area contributed by atoms with E-state index < -0.39 is 0 Å². The first-order chi connectivity index (χ1) is 8.38. The lowest BCUT2D eigenvalue weighted by Crippen LogP contribution is -1.92. The molecule has 2 aromatic rings. The van der Waals surface area contributed by atoms with Gasteiger partial charge in [0.2, 0.25) is 6.79 Å². The fourth-order valence-corrected chi connectivity index (χ4v) is 2.38. The molecule has 1 aliphatic heterocycles. The fourth-order valence-electron chi connectivity index (χ4n) is 2.19. The summed E-state index contributed by atoms with van der Waals surface area (Å²) in [6.45, 7) is 0.323. The van der Waals surface area contributed by atoms with Crippen molar-refractivity contribution in [3.8, 4) is 11.5 Å². The molecule has 0 aliphatic carbocycles. The van der Waals surface area contributed by atoms with Crippen molar-refractivity contribution >= 4 is 22.5 Å². The zero-order chi connectivity index (χ0) is 11.7. The number of hydrogen-bond donors (Lipinski definition) is 1. The lowest BCUT2D eigenvalue weighted by Gasteiger charge is -2.00. The molecule has 90 valence electrons. The number of aromatic amines is 1. The standard InChI is InChI=1S/C13H14ClNO2/c14-4-2-1-3-9-7-15-11-6-13-12(5-10(9)11)16-8-17-13/h5-7,15H,1-4,8H2. The first kappa shape index (κ1) is 10.8. The summed E-state index contributed by atoms with van der Waals surface area (Å²) >= 11 is 5.69. The molecular formula is C13H14ClNO2. The van der Waals surface area contributed by atoms with Gasteiger partial charge in [0, 0.05) is 29.0 Å². The van der Waals surface area contributed by atoms with Crippen LogP contribution in [0.25, 0.3) is 10.9 Å². The number of unbranched alkanes of at least 4 members (excludes halogenated alkanes) is 1. The highest BCUT2D eigenvalue weighted by Crippen LogP contribution is 2.37. The molecule has 0 atom stereocenters. The highest BCUT2D eigenvalue weighted by molar-refractivity contribution is 6.17. The predicted molar refractivity (Wildman–Crippen MR) is 68.1 cm³/mol. The maximum Gasteiger partial charge on any atom is 0.231 e. The topological polar surface area (TPSA) is 34.2 Å². The van der Waals surface area contributed by atoms with Gasteiger partial charge in [-0.05, 0) is 30.9 Å². The van der Waals surface area contributed by atoms with E-state index >= 15 is 0 Å². The Morgan fingerprint density at radius 2 is 2.00 bits per heavy atom. The van der Waals surface area contributed by atoms with Crippen LogP contribution in [0.3, 0.4) is 0 Å². The molecule has 0 radical (unpaired) electrons. The van der Waals surface area contributed by atoms with Crippen molar-refractivity contribution in [1.82, 2.24) is 4.98 Å². The molecule has 3 rings (SSSR count). The van der Waals surface area contributed by atoms with Gasteiger partial charge < -0.3 is 14.5 Å². The van der Waals surface area contributed by atoms with Gasteiger partial charge in [0.15, 0.2) is 11.5 Å². The molecule has 3 nitrogen and oxygen atoms in total. The van der Waals surface area contributed by atoms with Crippen LogP contribution in [0.5, 0.6) is 11.5 Å². The third-order valence-corrected chi connectivity index (χ3v) is 3.36. The van der Waals surface area contributed by atoms with Gasteiger partial charge in [-0.15, -0.1) is 11.6 Å². The molecule has 0 saturated heterocycles. The van der Waals surface area contributed by atoms with Crippen LogP contribution in [-0.4, -0.2) is 17.7 Å². The van der Waals surface area contributed by atoms with Gasteiger partial charge in [-0.2, -0.15) is 0 Å². The summed E-state index contributed by atoms with van der Waals surface area (Å²) in [5.74, 6) is 2.40. The quantitative estimate of drug-likeness (QED) is 0.667. The van der Waals surface area contributed by atoms with Crippen molar-refractivity contribution in [2.45, 2.75) is 19.3 Å². The van der Waals surface area contributed by atoms with E-state index in [0.717, 1.165) is 42.2 Å². The molecule has 0 fully saturated rings. The van der Waals surface area contributed by atoms with Crippen molar-refractivity contribution in [2.24, 2.45) is 0 Å². The third kappa shape index (κ3) is 1.95. The lowest BCUT2D eigenvalue weighted by molar-refractivity contribution is 0.174. The van der Waals surface area contributed by atoms with Gasteiger partial charge in [-0.25, -0.2) is 0 Å². The highest BCUT2D eigenvalue weighted by Gasteiger charge is 2.16. The van der Waals surface area contributed by atoms with Gasteiger partial charge in [0.1, 0.15) is 0 Å². The smallest absolute Gasteiger partial charge is 0.231 e. The minimum atomic E-state index is 0.323. The maximum absolute atomic E-state index is 5.69. The Kier molecular flexibility index (Phi) is 2.85. The number of halogens is 1. The number of hydrogen-bond acceptors (Lipinski definition) is 2. The Morgan fingerprint density at radius 3 is 2.82 bits per heavy atom. The summed E-state index contributed by atoms with van der Waals surface area (Å²) in [5, 5.41) is 1.23. The maximum atomic E-state index is 5.69. The van der Waals surface area contributed by atoms with Gasteiger partial charge in [0.25, 0.3) is 0 Å². The molecule has 17 heavy (non-hydrogen) atoms. The second-order valence-corrected chi connectivity index (χ2v) is 4.59. The number of rotatable bonds is 4. The Hall–Kier alpha value is -1.35. The summed E-state index contributed by atoms with van der Waals surface area (Å²) in [7, 11) is 0. The molecule has 0 spiro atoms. The Balaban J connectivity index is 1.92. The number of H-pyrrole nitrogens is 1. The SMILES string of the molecule is ClCCCCc1c[nH]c2cc3c(cc12)OCO3. The molecule has 0 saturated carbocycles. The molecule has 0 unspecified atom stereocenters. The number of fused-ring (bicyclic) bond motifs is 2. The average Bonchev–Trinajstić information content (AvgIpc) is 2.93. The van der Waals surface area contributed by atoms with E-state index in [0.29, 0.717) is 6.79 Å².